The van der Waals surface area contributed by atoms with Gasteiger partial charge < -0.3 is 10.5 Å². The van der Waals surface area contributed by atoms with Gasteiger partial charge in [0.05, 0.1) is 12.7 Å². The van der Waals surface area contributed by atoms with E-state index in [1.807, 2.05) is 50.2 Å². The lowest BCUT2D eigenvalue weighted by Crippen LogP contribution is -2.12. The highest BCUT2D eigenvalue weighted by Gasteiger charge is 2.06. The van der Waals surface area contributed by atoms with Crippen LogP contribution in [0, 0.1) is 5.41 Å². The Morgan fingerprint density at radius 3 is 2.35 bits per heavy atom. The third kappa shape index (κ3) is 3.45. The van der Waals surface area contributed by atoms with E-state index in [0.717, 1.165) is 22.3 Å². The second-order valence-corrected chi connectivity index (χ2v) is 5.02. The largest absolute Gasteiger partial charge is 0.384 e. The van der Waals surface area contributed by atoms with Crippen LogP contribution in [0.15, 0.2) is 48.5 Å². The highest BCUT2D eigenvalue weighted by molar-refractivity contribution is 6.01. The molecule has 0 aliphatic rings. The first-order valence-electron chi connectivity index (χ1n) is 6.72. The van der Waals surface area contributed by atoms with Gasteiger partial charge in [-0.15, -0.1) is 0 Å². The molecular weight excluding hydrogens is 248 g/mol. The first-order chi connectivity index (χ1) is 9.58. The fraction of sp³-hybridized carbons (Fsp3) is 0.235. The molecule has 0 atom stereocenters. The molecule has 0 bridgehead atoms. The summed E-state index contributed by atoms with van der Waals surface area (Å²) in [7, 11) is 0. The summed E-state index contributed by atoms with van der Waals surface area (Å²) in [5.74, 6) is 0.0906. The lowest BCUT2D eigenvalue weighted by atomic mass is 9.98. The number of amidine groups is 1. The Bertz CT molecular complexity index is 588. The van der Waals surface area contributed by atoms with Crippen molar-refractivity contribution in [2.75, 3.05) is 0 Å². The molecule has 2 aromatic rings. The SMILES string of the molecule is CC(C)OCc1ccc(-c2ccccc2C(=N)N)cc1. The maximum absolute atomic E-state index is 7.64. The Balaban J connectivity index is 2.24. The second kappa shape index (κ2) is 6.35. The minimum Gasteiger partial charge on any atom is -0.384 e. The Morgan fingerprint density at radius 1 is 1.10 bits per heavy atom. The van der Waals surface area contributed by atoms with Gasteiger partial charge in [-0.1, -0.05) is 48.5 Å². The van der Waals surface area contributed by atoms with Crippen molar-refractivity contribution in [2.45, 2.75) is 26.6 Å². The van der Waals surface area contributed by atoms with E-state index in [9.17, 15) is 0 Å². The Labute approximate surface area is 119 Å². The van der Waals surface area contributed by atoms with E-state index in [0.29, 0.717) is 6.61 Å². The van der Waals surface area contributed by atoms with E-state index in [-0.39, 0.29) is 11.9 Å². The third-order valence-corrected chi connectivity index (χ3v) is 3.07. The average Bonchev–Trinajstić information content (AvgIpc) is 2.45. The van der Waals surface area contributed by atoms with Crippen LogP contribution in [-0.4, -0.2) is 11.9 Å². The van der Waals surface area contributed by atoms with Gasteiger partial charge in [0, 0.05) is 5.56 Å². The molecule has 3 nitrogen and oxygen atoms in total. The first-order valence-corrected chi connectivity index (χ1v) is 6.72. The number of ether oxygens (including phenoxy) is 1. The van der Waals surface area contributed by atoms with Gasteiger partial charge in [-0.3, -0.25) is 5.41 Å². The van der Waals surface area contributed by atoms with E-state index in [2.05, 4.69) is 12.1 Å². The normalized spacial score (nSPS) is 10.8. The molecule has 0 radical (unpaired) electrons. The summed E-state index contributed by atoms with van der Waals surface area (Å²) < 4.78 is 5.58. The molecule has 104 valence electrons. The van der Waals surface area contributed by atoms with E-state index in [1.165, 1.54) is 0 Å². The molecule has 3 N–H and O–H groups in total. The number of hydrogen-bond acceptors (Lipinski definition) is 2. The summed E-state index contributed by atoms with van der Waals surface area (Å²) in [6, 6.07) is 15.9. The van der Waals surface area contributed by atoms with Crippen molar-refractivity contribution in [3.05, 3.63) is 59.7 Å². The molecule has 3 heteroatoms. The number of nitrogens with one attached hydrogen (secondary N) is 1. The van der Waals surface area contributed by atoms with Crippen molar-refractivity contribution in [3.8, 4) is 11.1 Å². The van der Waals surface area contributed by atoms with Gasteiger partial charge in [0.15, 0.2) is 0 Å². The molecule has 0 saturated carbocycles. The smallest absolute Gasteiger partial charge is 0.123 e. The lowest BCUT2D eigenvalue weighted by Gasteiger charge is -2.10. The van der Waals surface area contributed by atoms with Crippen LogP contribution >= 0.6 is 0 Å². The topological polar surface area (TPSA) is 59.1 Å². The van der Waals surface area contributed by atoms with Crippen LogP contribution in [0.3, 0.4) is 0 Å². The van der Waals surface area contributed by atoms with E-state index < -0.39 is 0 Å². The molecule has 20 heavy (non-hydrogen) atoms. The van der Waals surface area contributed by atoms with Crippen molar-refractivity contribution >= 4 is 5.84 Å². The average molecular weight is 268 g/mol. The summed E-state index contributed by atoms with van der Waals surface area (Å²) in [5.41, 5.74) is 9.57. The van der Waals surface area contributed by atoms with Crippen molar-refractivity contribution in [3.63, 3.8) is 0 Å². The van der Waals surface area contributed by atoms with Crippen molar-refractivity contribution in [2.24, 2.45) is 5.73 Å². The Morgan fingerprint density at radius 2 is 1.75 bits per heavy atom. The molecule has 0 spiro atoms. The molecule has 0 amide bonds. The Kier molecular flexibility index (Phi) is 4.53. The number of nitrogens with two attached hydrogens (primary N) is 1. The predicted molar refractivity (Wildman–Crippen MR) is 82.8 cm³/mol. The van der Waals surface area contributed by atoms with Crippen molar-refractivity contribution < 1.29 is 4.74 Å². The summed E-state index contributed by atoms with van der Waals surface area (Å²) in [6.45, 7) is 4.67. The first kappa shape index (κ1) is 14.3. The molecule has 0 heterocycles. The third-order valence-electron chi connectivity index (χ3n) is 3.07. The Hall–Kier alpha value is -2.13. The monoisotopic (exact) mass is 268 g/mol. The molecule has 2 rings (SSSR count). The molecule has 0 aromatic heterocycles. The summed E-state index contributed by atoms with van der Waals surface area (Å²) in [5, 5.41) is 7.64. The van der Waals surface area contributed by atoms with E-state index in [1.54, 1.807) is 0 Å². The zero-order valence-electron chi connectivity index (χ0n) is 11.9. The minimum absolute atomic E-state index is 0.0906. The van der Waals surface area contributed by atoms with Crippen LogP contribution in [-0.2, 0) is 11.3 Å². The summed E-state index contributed by atoms with van der Waals surface area (Å²) in [6.07, 6.45) is 0.230. The van der Waals surface area contributed by atoms with Gasteiger partial charge in [-0.05, 0) is 30.5 Å². The van der Waals surface area contributed by atoms with Crippen LogP contribution in [0.25, 0.3) is 11.1 Å². The number of hydrogen-bond donors (Lipinski definition) is 2. The highest BCUT2D eigenvalue weighted by Crippen LogP contribution is 2.24. The van der Waals surface area contributed by atoms with Crippen LogP contribution in [0.5, 0.6) is 0 Å². The van der Waals surface area contributed by atoms with Crippen LogP contribution < -0.4 is 5.73 Å². The second-order valence-electron chi connectivity index (χ2n) is 5.02. The minimum atomic E-state index is 0.0906. The van der Waals surface area contributed by atoms with Gasteiger partial charge in [-0.25, -0.2) is 0 Å². The van der Waals surface area contributed by atoms with Gasteiger partial charge in [0.2, 0.25) is 0 Å². The van der Waals surface area contributed by atoms with Crippen LogP contribution in [0.2, 0.25) is 0 Å². The van der Waals surface area contributed by atoms with E-state index >= 15 is 0 Å². The highest BCUT2D eigenvalue weighted by atomic mass is 16.5. The number of benzene rings is 2. The maximum atomic E-state index is 7.64. The number of nitrogen functional groups attached to an aromatic ring is 1. The van der Waals surface area contributed by atoms with Gasteiger partial charge in [0.1, 0.15) is 5.84 Å². The zero-order valence-corrected chi connectivity index (χ0v) is 11.9. The van der Waals surface area contributed by atoms with Gasteiger partial charge >= 0.3 is 0 Å². The summed E-state index contributed by atoms with van der Waals surface area (Å²) >= 11 is 0. The molecule has 0 unspecified atom stereocenters. The zero-order chi connectivity index (χ0) is 14.5. The number of rotatable bonds is 5. The van der Waals surface area contributed by atoms with E-state index in [4.69, 9.17) is 15.9 Å². The fourth-order valence-corrected chi connectivity index (χ4v) is 2.01. The lowest BCUT2D eigenvalue weighted by molar-refractivity contribution is 0.0657. The maximum Gasteiger partial charge on any atom is 0.123 e. The van der Waals surface area contributed by atoms with Gasteiger partial charge in [0.25, 0.3) is 0 Å². The van der Waals surface area contributed by atoms with Gasteiger partial charge in [-0.2, -0.15) is 0 Å². The molecule has 2 aromatic carbocycles. The fourth-order valence-electron chi connectivity index (χ4n) is 2.01. The van der Waals surface area contributed by atoms with Crippen LogP contribution in [0.1, 0.15) is 25.0 Å². The molecular formula is C17H20N2O. The predicted octanol–water partition coefficient (Wildman–Crippen LogP) is 3.56. The standard InChI is InChI=1S/C17H20N2O/c1-12(2)20-11-13-7-9-14(10-8-13)15-5-3-4-6-16(15)17(18)19/h3-10,12H,11H2,1-2H3,(H3,18,19). The molecule has 0 aliphatic heterocycles. The quantitative estimate of drug-likeness (QED) is 0.643. The molecule has 0 aliphatic carbocycles. The van der Waals surface area contributed by atoms with Crippen LogP contribution in [0.4, 0.5) is 0 Å². The summed E-state index contributed by atoms with van der Waals surface area (Å²) in [4.78, 5) is 0. The van der Waals surface area contributed by atoms with Crippen molar-refractivity contribution in [1.82, 2.24) is 0 Å². The molecule has 0 saturated heterocycles. The molecule has 0 fully saturated rings. The van der Waals surface area contributed by atoms with Crippen molar-refractivity contribution in [1.29, 1.82) is 5.41 Å².